The van der Waals surface area contributed by atoms with Gasteiger partial charge in [-0.25, -0.2) is 4.98 Å². The molecule has 1 aromatic carbocycles. The molecule has 5 nitrogen and oxygen atoms in total. The third kappa shape index (κ3) is 5.56. The number of carbonyl (C=O) groups is 1. The van der Waals surface area contributed by atoms with E-state index >= 15 is 0 Å². The predicted molar refractivity (Wildman–Crippen MR) is 94.1 cm³/mol. The van der Waals surface area contributed by atoms with Gasteiger partial charge in [-0.05, 0) is 43.5 Å². The Hall–Kier alpha value is -2.08. The Morgan fingerprint density at radius 2 is 1.91 bits per heavy atom. The van der Waals surface area contributed by atoms with Crippen LogP contribution in [0.2, 0.25) is 0 Å². The highest BCUT2D eigenvalue weighted by molar-refractivity contribution is 7.99. The molecule has 2 aromatic rings. The number of hydrogen-bond donors (Lipinski definition) is 2. The number of H-pyrrole nitrogens is 1. The van der Waals surface area contributed by atoms with E-state index < -0.39 is 0 Å². The number of aromatic amines is 1. The van der Waals surface area contributed by atoms with E-state index in [4.69, 9.17) is 0 Å². The minimum atomic E-state index is -0.180. The van der Waals surface area contributed by atoms with Gasteiger partial charge in [-0.15, -0.1) is 0 Å². The summed E-state index contributed by atoms with van der Waals surface area (Å²) in [7, 11) is 0. The Morgan fingerprint density at radius 3 is 2.57 bits per heavy atom. The lowest BCUT2D eigenvalue weighted by atomic mass is 10.1. The van der Waals surface area contributed by atoms with Gasteiger partial charge >= 0.3 is 0 Å². The predicted octanol–water partition coefficient (Wildman–Crippen LogP) is 3.07. The Balaban J connectivity index is 1.97. The molecule has 0 aliphatic carbocycles. The molecule has 0 unspecified atom stereocenters. The van der Waals surface area contributed by atoms with E-state index in [0.29, 0.717) is 5.16 Å². The highest BCUT2D eigenvalue weighted by Crippen LogP contribution is 2.16. The first kappa shape index (κ1) is 17.3. The first-order valence-electron chi connectivity index (χ1n) is 7.57. The van der Waals surface area contributed by atoms with Crippen LogP contribution >= 0.6 is 11.8 Å². The molecule has 122 valence electrons. The molecule has 0 saturated carbocycles. The quantitative estimate of drug-likeness (QED) is 0.630. The number of nitrogens with one attached hydrogen (secondary N) is 2. The average molecular weight is 331 g/mol. The van der Waals surface area contributed by atoms with Gasteiger partial charge < -0.3 is 10.3 Å². The van der Waals surface area contributed by atoms with Crippen LogP contribution in [0.3, 0.4) is 0 Å². The Labute approximate surface area is 139 Å². The van der Waals surface area contributed by atoms with E-state index in [-0.39, 0.29) is 17.2 Å². The van der Waals surface area contributed by atoms with Gasteiger partial charge in [0, 0.05) is 17.4 Å². The fourth-order valence-electron chi connectivity index (χ4n) is 2.31. The van der Waals surface area contributed by atoms with Crippen LogP contribution in [0, 0.1) is 13.8 Å². The van der Waals surface area contributed by atoms with E-state index in [1.54, 1.807) is 0 Å². The molecule has 0 spiro atoms. The van der Waals surface area contributed by atoms with Gasteiger partial charge in [0.2, 0.25) is 5.91 Å². The van der Waals surface area contributed by atoms with E-state index in [1.807, 2.05) is 32.9 Å². The van der Waals surface area contributed by atoms with E-state index in [9.17, 15) is 9.59 Å². The van der Waals surface area contributed by atoms with Gasteiger partial charge in [-0.3, -0.25) is 9.59 Å². The van der Waals surface area contributed by atoms with E-state index in [0.717, 1.165) is 35.3 Å². The number of rotatable bonds is 6. The summed E-state index contributed by atoms with van der Waals surface area (Å²) >= 11 is 1.23. The fourth-order valence-corrected chi connectivity index (χ4v) is 3.01. The second kappa shape index (κ2) is 7.97. The van der Waals surface area contributed by atoms with Crippen molar-refractivity contribution in [2.45, 2.75) is 38.8 Å². The fraction of sp³-hybridized carbons (Fsp3) is 0.353. The minimum absolute atomic E-state index is 0.122. The molecule has 0 fully saturated rings. The Bertz CT molecular complexity index is 735. The Morgan fingerprint density at radius 1 is 1.22 bits per heavy atom. The zero-order chi connectivity index (χ0) is 16.8. The Kier molecular flexibility index (Phi) is 5.98. The number of carbonyl (C=O) groups excluding carboxylic acids is 1. The summed E-state index contributed by atoms with van der Waals surface area (Å²) in [4.78, 5) is 30.7. The molecule has 0 bridgehead atoms. The van der Waals surface area contributed by atoms with Crippen molar-refractivity contribution in [3.8, 4) is 0 Å². The van der Waals surface area contributed by atoms with Gasteiger partial charge in [0.1, 0.15) is 0 Å². The highest BCUT2D eigenvalue weighted by atomic mass is 32.2. The summed E-state index contributed by atoms with van der Waals surface area (Å²) in [6.07, 6.45) is 1.68. The first-order chi connectivity index (χ1) is 11.0. The third-order valence-corrected chi connectivity index (χ3v) is 4.00. The second-order valence-corrected chi connectivity index (χ2v) is 6.47. The number of aryl methyl sites for hydroxylation is 3. The molecule has 0 radical (unpaired) electrons. The largest absolute Gasteiger partial charge is 0.325 e. The van der Waals surface area contributed by atoms with Crippen molar-refractivity contribution in [3.63, 3.8) is 0 Å². The van der Waals surface area contributed by atoms with Crippen molar-refractivity contribution in [1.82, 2.24) is 9.97 Å². The van der Waals surface area contributed by atoms with Crippen molar-refractivity contribution >= 4 is 23.4 Å². The van der Waals surface area contributed by atoms with Crippen molar-refractivity contribution in [2.75, 3.05) is 11.1 Å². The molecule has 0 aliphatic heterocycles. The maximum atomic E-state index is 12.1. The third-order valence-electron chi connectivity index (χ3n) is 3.12. The zero-order valence-electron chi connectivity index (χ0n) is 13.6. The number of amides is 1. The van der Waals surface area contributed by atoms with Gasteiger partial charge in [0.05, 0.1) is 5.75 Å². The van der Waals surface area contributed by atoms with Gasteiger partial charge in [0.25, 0.3) is 5.56 Å². The molecule has 0 aliphatic rings. The lowest BCUT2D eigenvalue weighted by molar-refractivity contribution is -0.113. The summed E-state index contributed by atoms with van der Waals surface area (Å²) < 4.78 is 0. The van der Waals surface area contributed by atoms with E-state index in [2.05, 4.69) is 21.4 Å². The van der Waals surface area contributed by atoms with Crippen LogP contribution in [-0.4, -0.2) is 21.6 Å². The molecule has 23 heavy (non-hydrogen) atoms. The smallest absolute Gasteiger partial charge is 0.251 e. The number of anilines is 1. The van der Waals surface area contributed by atoms with Crippen LogP contribution in [0.1, 0.15) is 30.2 Å². The van der Waals surface area contributed by atoms with Crippen molar-refractivity contribution < 1.29 is 4.79 Å². The molecular weight excluding hydrogens is 310 g/mol. The molecule has 2 N–H and O–H groups in total. The monoisotopic (exact) mass is 331 g/mol. The molecule has 2 rings (SSSR count). The zero-order valence-corrected chi connectivity index (χ0v) is 14.4. The molecule has 1 amide bonds. The van der Waals surface area contributed by atoms with Crippen LogP contribution < -0.4 is 10.9 Å². The molecule has 1 aromatic heterocycles. The number of thioether (sulfide) groups is 1. The maximum absolute atomic E-state index is 12.1. The van der Waals surface area contributed by atoms with Crippen LogP contribution in [0.5, 0.6) is 0 Å². The summed E-state index contributed by atoms with van der Waals surface area (Å²) in [6.45, 7) is 6.02. The first-order valence-corrected chi connectivity index (χ1v) is 8.56. The van der Waals surface area contributed by atoms with Gasteiger partial charge in [0.15, 0.2) is 5.16 Å². The van der Waals surface area contributed by atoms with Crippen LogP contribution in [-0.2, 0) is 11.2 Å². The molecule has 1 heterocycles. The normalized spacial score (nSPS) is 10.6. The summed E-state index contributed by atoms with van der Waals surface area (Å²) in [5.41, 5.74) is 3.57. The number of benzene rings is 1. The van der Waals surface area contributed by atoms with Gasteiger partial charge in [-0.2, -0.15) is 0 Å². The van der Waals surface area contributed by atoms with Crippen LogP contribution in [0.25, 0.3) is 0 Å². The van der Waals surface area contributed by atoms with Crippen molar-refractivity contribution in [1.29, 1.82) is 0 Å². The topological polar surface area (TPSA) is 74.8 Å². The number of nitrogens with zero attached hydrogens (tertiary/aromatic N) is 1. The van der Waals surface area contributed by atoms with E-state index in [1.165, 1.54) is 17.8 Å². The van der Waals surface area contributed by atoms with Crippen LogP contribution in [0.15, 0.2) is 34.2 Å². The second-order valence-electron chi connectivity index (χ2n) is 5.51. The highest BCUT2D eigenvalue weighted by Gasteiger charge is 2.07. The standard InChI is InChI=1S/C17H21N3O2S/c1-4-5-13-9-15(21)20-17(19-13)23-10-16(22)18-14-7-11(2)6-12(3)8-14/h6-9H,4-5,10H2,1-3H3,(H,18,22)(H,19,20,21). The molecule has 6 heteroatoms. The molecule has 0 atom stereocenters. The van der Waals surface area contributed by atoms with Crippen LogP contribution in [0.4, 0.5) is 5.69 Å². The molecule has 0 saturated heterocycles. The SMILES string of the molecule is CCCc1cc(=O)[nH]c(SCC(=O)Nc2cc(C)cc(C)c2)n1. The number of hydrogen-bond acceptors (Lipinski definition) is 4. The van der Waals surface area contributed by atoms with Crippen molar-refractivity contribution in [2.24, 2.45) is 0 Å². The lowest BCUT2D eigenvalue weighted by Gasteiger charge is -2.07. The average Bonchev–Trinajstić information content (AvgIpc) is 2.44. The maximum Gasteiger partial charge on any atom is 0.251 e. The van der Waals surface area contributed by atoms with Crippen molar-refractivity contribution in [3.05, 3.63) is 51.4 Å². The molecular formula is C17H21N3O2S. The summed E-state index contributed by atoms with van der Waals surface area (Å²) in [6, 6.07) is 7.41. The summed E-state index contributed by atoms with van der Waals surface area (Å²) in [5, 5.41) is 3.35. The lowest BCUT2D eigenvalue weighted by Crippen LogP contribution is -2.16. The summed E-state index contributed by atoms with van der Waals surface area (Å²) in [5.74, 6) is 0.0782. The number of aromatic nitrogens is 2. The van der Waals surface area contributed by atoms with Gasteiger partial charge in [-0.1, -0.05) is 31.2 Å². The minimum Gasteiger partial charge on any atom is -0.325 e.